The van der Waals surface area contributed by atoms with Gasteiger partial charge in [0.15, 0.2) is 0 Å². The van der Waals surface area contributed by atoms with Crippen LogP contribution in [0.3, 0.4) is 0 Å². The number of anilines is 2. The lowest BCUT2D eigenvalue weighted by atomic mass is 10.1. The van der Waals surface area contributed by atoms with Crippen LogP contribution in [0.15, 0.2) is 77.7 Å². The molecular weight excluding hydrogens is 510 g/mol. The van der Waals surface area contributed by atoms with E-state index in [0.29, 0.717) is 29.4 Å². The van der Waals surface area contributed by atoms with Gasteiger partial charge in [-0.2, -0.15) is 0 Å². The molecule has 1 fully saturated rings. The number of benzene rings is 3. The first kappa shape index (κ1) is 26.7. The number of nitrogens with one attached hydrogen (secondary N) is 1. The highest BCUT2D eigenvalue weighted by molar-refractivity contribution is 7.92. The summed E-state index contributed by atoms with van der Waals surface area (Å²) in [5.74, 6) is -0.719. The lowest BCUT2D eigenvalue weighted by molar-refractivity contribution is -0.114. The monoisotopic (exact) mass is 539 g/mol. The van der Waals surface area contributed by atoms with Crippen LogP contribution in [0.1, 0.15) is 41.6 Å². The zero-order valence-corrected chi connectivity index (χ0v) is 22.3. The molecule has 3 aromatic rings. The molecule has 1 aliphatic heterocycles. The zero-order valence-electron chi connectivity index (χ0n) is 20.7. The van der Waals surface area contributed by atoms with Crippen LogP contribution in [0, 0.1) is 6.92 Å². The van der Waals surface area contributed by atoms with Crippen molar-refractivity contribution in [2.45, 2.75) is 37.5 Å². The van der Waals surface area contributed by atoms with E-state index in [1.807, 2.05) is 11.8 Å². The molecule has 4 rings (SSSR count). The smallest absolute Gasteiger partial charge is 0.264 e. The first-order valence-electron chi connectivity index (χ1n) is 12.3. The zero-order chi connectivity index (χ0) is 26.4. The van der Waals surface area contributed by atoms with Gasteiger partial charge in [-0.3, -0.25) is 13.9 Å². The standard InChI is InChI=1S/C28H30ClN3O4S/c1-21-13-15-24(16-14-21)37(35,36)32(23-10-8-9-22(29)19-23)20-27(33)30-26-12-5-4-11-25(26)28(34)31-17-6-2-3-7-18-31/h4-5,8-16,19H,2-3,6-7,17-18,20H2,1H3,(H,30,33). The number of carbonyl (C=O) groups excluding carboxylic acids is 2. The number of carbonyl (C=O) groups is 2. The molecule has 1 N–H and O–H groups in total. The Morgan fingerprint density at radius 1 is 0.919 bits per heavy atom. The summed E-state index contributed by atoms with van der Waals surface area (Å²) in [6, 6.07) is 19.6. The second kappa shape index (κ2) is 11.8. The number of likely N-dealkylation sites (tertiary alicyclic amines) is 1. The quantitative estimate of drug-likeness (QED) is 0.429. The Hall–Kier alpha value is -3.36. The van der Waals surface area contributed by atoms with Crippen molar-refractivity contribution in [3.63, 3.8) is 0 Å². The number of halogens is 1. The second-order valence-corrected chi connectivity index (χ2v) is 11.4. The molecule has 7 nitrogen and oxygen atoms in total. The lowest BCUT2D eigenvalue weighted by Gasteiger charge is -2.25. The van der Waals surface area contributed by atoms with E-state index in [2.05, 4.69) is 5.32 Å². The average molecular weight is 540 g/mol. The largest absolute Gasteiger partial charge is 0.339 e. The van der Waals surface area contributed by atoms with Crippen LogP contribution in [-0.2, 0) is 14.8 Å². The second-order valence-electron chi connectivity index (χ2n) is 9.10. The molecule has 0 saturated carbocycles. The maximum atomic E-state index is 13.6. The summed E-state index contributed by atoms with van der Waals surface area (Å²) in [4.78, 5) is 28.4. The number of para-hydroxylation sites is 1. The highest BCUT2D eigenvalue weighted by Crippen LogP contribution is 2.27. The van der Waals surface area contributed by atoms with E-state index in [9.17, 15) is 18.0 Å². The molecule has 0 bridgehead atoms. The van der Waals surface area contributed by atoms with E-state index in [-0.39, 0.29) is 16.5 Å². The fourth-order valence-corrected chi connectivity index (χ4v) is 5.92. The Labute approximate surface area is 223 Å². The van der Waals surface area contributed by atoms with Crippen LogP contribution >= 0.6 is 11.6 Å². The summed E-state index contributed by atoms with van der Waals surface area (Å²) >= 11 is 6.15. The topological polar surface area (TPSA) is 86.8 Å². The minimum atomic E-state index is -4.08. The fourth-order valence-electron chi connectivity index (χ4n) is 4.33. The van der Waals surface area contributed by atoms with Crippen molar-refractivity contribution >= 4 is 44.8 Å². The Morgan fingerprint density at radius 2 is 1.59 bits per heavy atom. The molecule has 9 heteroatoms. The predicted octanol–water partition coefficient (Wildman–Crippen LogP) is 5.50. The number of sulfonamides is 1. The van der Waals surface area contributed by atoms with Crippen molar-refractivity contribution in [3.8, 4) is 0 Å². The van der Waals surface area contributed by atoms with Gasteiger partial charge in [-0.15, -0.1) is 0 Å². The number of aryl methyl sites for hydroxylation is 1. The van der Waals surface area contributed by atoms with E-state index in [1.54, 1.807) is 54.6 Å². The van der Waals surface area contributed by atoms with E-state index in [1.165, 1.54) is 18.2 Å². The van der Waals surface area contributed by atoms with Crippen molar-refractivity contribution < 1.29 is 18.0 Å². The highest BCUT2D eigenvalue weighted by atomic mass is 35.5. The van der Waals surface area contributed by atoms with Gasteiger partial charge < -0.3 is 10.2 Å². The van der Waals surface area contributed by atoms with Gasteiger partial charge in [0.05, 0.1) is 21.8 Å². The fraction of sp³-hybridized carbons (Fsp3) is 0.286. The van der Waals surface area contributed by atoms with E-state index < -0.39 is 22.5 Å². The molecule has 37 heavy (non-hydrogen) atoms. The summed E-state index contributed by atoms with van der Waals surface area (Å²) in [5, 5.41) is 3.11. The van der Waals surface area contributed by atoms with Gasteiger partial charge >= 0.3 is 0 Å². The van der Waals surface area contributed by atoms with Gasteiger partial charge in [0, 0.05) is 18.1 Å². The molecule has 0 aliphatic carbocycles. The minimum absolute atomic E-state index is 0.0580. The number of hydrogen-bond donors (Lipinski definition) is 1. The molecule has 0 unspecified atom stereocenters. The van der Waals surface area contributed by atoms with Crippen LogP contribution in [0.2, 0.25) is 5.02 Å². The van der Waals surface area contributed by atoms with Crippen LogP contribution in [-0.4, -0.2) is 44.8 Å². The Bertz CT molecular complexity index is 1370. The van der Waals surface area contributed by atoms with Crippen molar-refractivity contribution in [1.29, 1.82) is 0 Å². The van der Waals surface area contributed by atoms with Crippen molar-refractivity contribution in [2.75, 3.05) is 29.3 Å². The molecule has 2 amide bonds. The molecular formula is C28H30ClN3O4S. The lowest BCUT2D eigenvalue weighted by Crippen LogP contribution is -2.38. The average Bonchev–Trinajstić information content (AvgIpc) is 3.17. The number of amides is 2. The summed E-state index contributed by atoms with van der Waals surface area (Å²) in [7, 11) is -4.08. The first-order valence-corrected chi connectivity index (χ1v) is 14.1. The number of nitrogens with zero attached hydrogens (tertiary/aromatic N) is 2. The maximum Gasteiger partial charge on any atom is 0.264 e. The molecule has 3 aromatic carbocycles. The molecule has 0 spiro atoms. The third-order valence-electron chi connectivity index (χ3n) is 6.32. The molecule has 194 valence electrons. The van der Waals surface area contributed by atoms with Gasteiger partial charge in [-0.05, 0) is 62.2 Å². The normalized spacial score (nSPS) is 14.1. The Balaban J connectivity index is 1.61. The molecule has 1 heterocycles. The van der Waals surface area contributed by atoms with Gasteiger partial charge in [-0.1, -0.05) is 60.3 Å². The van der Waals surface area contributed by atoms with Crippen LogP contribution < -0.4 is 9.62 Å². The van der Waals surface area contributed by atoms with Crippen LogP contribution in [0.4, 0.5) is 11.4 Å². The third kappa shape index (κ3) is 6.50. The molecule has 0 radical (unpaired) electrons. The van der Waals surface area contributed by atoms with Gasteiger partial charge in [0.1, 0.15) is 6.54 Å². The number of rotatable bonds is 7. The molecule has 0 atom stereocenters. The van der Waals surface area contributed by atoms with Crippen molar-refractivity contribution in [1.82, 2.24) is 4.90 Å². The van der Waals surface area contributed by atoms with Crippen molar-refractivity contribution in [3.05, 3.63) is 88.9 Å². The summed E-state index contributed by atoms with van der Waals surface area (Å²) in [6.45, 7) is 2.72. The summed E-state index contributed by atoms with van der Waals surface area (Å²) < 4.78 is 28.2. The first-order chi connectivity index (χ1) is 17.8. The van der Waals surface area contributed by atoms with E-state index >= 15 is 0 Å². The third-order valence-corrected chi connectivity index (χ3v) is 8.34. The molecule has 0 aromatic heterocycles. The van der Waals surface area contributed by atoms with Crippen LogP contribution in [0.5, 0.6) is 0 Å². The SMILES string of the molecule is Cc1ccc(S(=O)(=O)N(CC(=O)Nc2ccccc2C(=O)N2CCCCCC2)c2cccc(Cl)c2)cc1. The van der Waals surface area contributed by atoms with E-state index in [4.69, 9.17) is 11.6 Å². The molecule has 1 saturated heterocycles. The molecule has 1 aliphatic rings. The van der Waals surface area contributed by atoms with Gasteiger partial charge in [0.25, 0.3) is 15.9 Å². The number of hydrogen-bond acceptors (Lipinski definition) is 4. The van der Waals surface area contributed by atoms with Gasteiger partial charge in [-0.25, -0.2) is 8.42 Å². The summed E-state index contributed by atoms with van der Waals surface area (Å²) in [6.07, 6.45) is 4.09. The maximum absolute atomic E-state index is 13.6. The summed E-state index contributed by atoms with van der Waals surface area (Å²) in [5.41, 5.74) is 1.91. The Morgan fingerprint density at radius 3 is 2.27 bits per heavy atom. The van der Waals surface area contributed by atoms with Gasteiger partial charge in [0.2, 0.25) is 5.91 Å². The Kier molecular flexibility index (Phi) is 8.51. The highest BCUT2D eigenvalue weighted by Gasteiger charge is 2.28. The predicted molar refractivity (Wildman–Crippen MR) is 147 cm³/mol. The van der Waals surface area contributed by atoms with E-state index in [0.717, 1.165) is 35.6 Å². The van der Waals surface area contributed by atoms with Crippen molar-refractivity contribution in [2.24, 2.45) is 0 Å². The minimum Gasteiger partial charge on any atom is -0.339 e. The van der Waals surface area contributed by atoms with Crippen LogP contribution in [0.25, 0.3) is 0 Å².